The smallest absolute Gasteiger partial charge is 0.264 e. The normalized spacial score (nSPS) is 35.8. The van der Waals surface area contributed by atoms with Crippen molar-refractivity contribution in [3.63, 3.8) is 0 Å². The predicted molar refractivity (Wildman–Crippen MR) is 75.5 cm³/mol. The van der Waals surface area contributed by atoms with Gasteiger partial charge in [0.15, 0.2) is 6.29 Å². The number of hydrogen-bond donors (Lipinski definition) is 1. The molecule has 0 saturated carbocycles. The van der Waals surface area contributed by atoms with Crippen molar-refractivity contribution in [1.29, 1.82) is 0 Å². The zero-order valence-corrected chi connectivity index (χ0v) is 12.8. The first kappa shape index (κ1) is 15.9. The minimum absolute atomic E-state index is 0.0296. The van der Waals surface area contributed by atoms with E-state index in [4.69, 9.17) is 18.4 Å². The standard InChI is InChI=1S/C14H18O7S/c1-22(16,17)21-10-7-18-11-8-19-14(20-13(11)12(10)15)9-5-3-2-4-6-9/h2-6,10-15H,7-8H2,1H3/t10-,11+,12+,13+,14+/m0/s1. The van der Waals surface area contributed by atoms with Gasteiger partial charge in [-0.3, -0.25) is 4.18 Å². The van der Waals surface area contributed by atoms with Crippen LogP contribution in [-0.4, -0.2) is 57.4 Å². The van der Waals surface area contributed by atoms with E-state index in [1.54, 1.807) is 0 Å². The fourth-order valence-electron chi connectivity index (χ4n) is 2.61. The Morgan fingerprint density at radius 2 is 1.91 bits per heavy atom. The molecule has 122 valence electrons. The number of fused-ring (bicyclic) bond motifs is 1. The van der Waals surface area contributed by atoms with Crippen LogP contribution in [0.2, 0.25) is 0 Å². The Labute approximate surface area is 128 Å². The first-order valence-electron chi connectivity index (χ1n) is 6.94. The Morgan fingerprint density at radius 3 is 2.59 bits per heavy atom. The summed E-state index contributed by atoms with van der Waals surface area (Å²) in [5.41, 5.74) is 0.819. The summed E-state index contributed by atoms with van der Waals surface area (Å²) in [6.45, 7) is 0.227. The Hall–Kier alpha value is -1.03. The van der Waals surface area contributed by atoms with E-state index in [9.17, 15) is 13.5 Å². The number of ether oxygens (including phenoxy) is 3. The topological polar surface area (TPSA) is 91.3 Å². The lowest BCUT2D eigenvalue weighted by Gasteiger charge is -2.44. The zero-order chi connectivity index (χ0) is 15.7. The average Bonchev–Trinajstić information content (AvgIpc) is 2.50. The monoisotopic (exact) mass is 330 g/mol. The van der Waals surface area contributed by atoms with Crippen LogP contribution < -0.4 is 0 Å². The van der Waals surface area contributed by atoms with Gasteiger partial charge < -0.3 is 19.3 Å². The van der Waals surface area contributed by atoms with Gasteiger partial charge in [-0.05, 0) is 0 Å². The van der Waals surface area contributed by atoms with E-state index in [-0.39, 0.29) is 13.2 Å². The quantitative estimate of drug-likeness (QED) is 0.792. The van der Waals surface area contributed by atoms with E-state index in [1.165, 1.54) is 0 Å². The fourth-order valence-corrected chi connectivity index (χ4v) is 3.23. The largest absolute Gasteiger partial charge is 0.387 e. The third kappa shape index (κ3) is 3.48. The van der Waals surface area contributed by atoms with Crippen LogP contribution >= 0.6 is 0 Å². The summed E-state index contributed by atoms with van der Waals surface area (Å²) >= 11 is 0. The van der Waals surface area contributed by atoms with Crippen molar-refractivity contribution < 1.29 is 31.9 Å². The summed E-state index contributed by atoms with van der Waals surface area (Å²) in [4.78, 5) is 0. The molecule has 1 N–H and O–H groups in total. The highest BCUT2D eigenvalue weighted by Gasteiger charge is 2.46. The summed E-state index contributed by atoms with van der Waals surface area (Å²) in [6.07, 6.45) is -2.94. The van der Waals surface area contributed by atoms with E-state index < -0.39 is 40.8 Å². The lowest BCUT2D eigenvalue weighted by atomic mass is 9.99. The summed E-state index contributed by atoms with van der Waals surface area (Å²) in [5, 5.41) is 10.3. The van der Waals surface area contributed by atoms with E-state index in [2.05, 4.69) is 0 Å². The highest BCUT2D eigenvalue weighted by atomic mass is 32.2. The molecule has 2 heterocycles. The SMILES string of the molecule is CS(=O)(=O)O[C@H]1CO[C@@H]2CO[C@@H](c3ccccc3)O[C@H]2[C@@H]1O. The Bertz CT molecular complexity index is 603. The lowest BCUT2D eigenvalue weighted by Crippen LogP contribution is -2.59. The van der Waals surface area contributed by atoms with Crippen LogP contribution in [0.5, 0.6) is 0 Å². The van der Waals surface area contributed by atoms with E-state index in [1.807, 2.05) is 30.3 Å². The van der Waals surface area contributed by atoms with Gasteiger partial charge in [0.2, 0.25) is 0 Å². The maximum atomic E-state index is 11.2. The van der Waals surface area contributed by atoms with Gasteiger partial charge in [-0.25, -0.2) is 0 Å². The zero-order valence-electron chi connectivity index (χ0n) is 12.0. The summed E-state index contributed by atoms with van der Waals surface area (Å²) < 4.78 is 44.2. The molecular weight excluding hydrogens is 312 g/mol. The minimum Gasteiger partial charge on any atom is -0.387 e. The third-order valence-corrected chi connectivity index (χ3v) is 4.22. The fraction of sp³-hybridized carbons (Fsp3) is 0.571. The minimum atomic E-state index is -3.69. The second kappa shape index (κ2) is 6.23. The number of aliphatic hydroxyl groups is 1. The molecule has 7 nitrogen and oxygen atoms in total. The second-order valence-electron chi connectivity index (χ2n) is 5.38. The van der Waals surface area contributed by atoms with Gasteiger partial charge in [0.25, 0.3) is 10.1 Å². The molecule has 0 unspecified atom stereocenters. The maximum Gasteiger partial charge on any atom is 0.264 e. The molecule has 0 amide bonds. The molecular formula is C14H18O7S. The lowest BCUT2D eigenvalue weighted by molar-refractivity contribution is -0.311. The predicted octanol–water partition coefficient (Wildman–Crippen LogP) is 0.205. The summed E-state index contributed by atoms with van der Waals surface area (Å²) in [5.74, 6) is 0. The second-order valence-corrected chi connectivity index (χ2v) is 6.98. The molecule has 2 fully saturated rings. The van der Waals surface area contributed by atoms with Crippen molar-refractivity contribution in [2.45, 2.75) is 30.7 Å². The molecule has 1 aromatic carbocycles. The van der Waals surface area contributed by atoms with Gasteiger partial charge in [-0.2, -0.15) is 8.42 Å². The first-order valence-corrected chi connectivity index (χ1v) is 8.75. The van der Waals surface area contributed by atoms with Crippen molar-refractivity contribution in [3.05, 3.63) is 35.9 Å². The van der Waals surface area contributed by atoms with Gasteiger partial charge >= 0.3 is 0 Å². The molecule has 8 heteroatoms. The van der Waals surface area contributed by atoms with E-state index in [0.717, 1.165) is 11.8 Å². The van der Waals surface area contributed by atoms with Crippen LogP contribution in [0.4, 0.5) is 0 Å². The molecule has 3 rings (SSSR count). The highest BCUT2D eigenvalue weighted by Crippen LogP contribution is 2.32. The average molecular weight is 330 g/mol. The van der Waals surface area contributed by atoms with Gasteiger partial charge in [-0.15, -0.1) is 0 Å². The molecule has 1 aromatic rings. The van der Waals surface area contributed by atoms with E-state index >= 15 is 0 Å². The summed E-state index contributed by atoms with van der Waals surface area (Å²) in [6, 6.07) is 9.30. The maximum absolute atomic E-state index is 11.2. The van der Waals surface area contributed by atoms with Gasteiger partial charge in [-0.1, -0.05) is 30.3 Å². The van der Waals surface area contributed by atoms with Crippen LogP contribution in [0.3, 0.4) is 0 Å². The number of benzene rings is 1. The number of hydrogen-bond acceptors (Lipinski definition) is 7. The summed E-state index contributed by atoms with van der Waals surface area (Å²) in [7, 11) is -3.69. The van der Waals surface area contributed by atoms with E-state index in [0.29, 0.717) is 0 Å². The molecule has 0 bridgehead atoms. The molecule has 2 aliphatic heterocycles. The Balaban J connectivity index is 1.72. The molecule has 0 aliphatic carbocycles. The first-order chi connectivity index (χ1) is 10.4. The molecule has 0 aromatic heterocycles. The Kier molecular flexibility index (Phi) is 4.49. The third-order valence-electron chi connectivity index (χ3n) is 3.62. The molecule has 0 spiro atoms. The molecule has 2 aliphatic rings. The van der Waals surface area contributed by atoms with Gasteiger partial charge in [0, 0.05) is 5.56 Å². The number of rotatable bonds is 3. The van der Waals surface area contributed by atoms with Crippen LogP contribution in [0, 0.1) is 0 Å². The van der Waals surface area contributed by atoms with Crippen molar-refractivity contribution in [2.24, 2.45) is 0 Å². The Morgan fingerprint density at radius 1 is 1.18 bits per heavy atom. The van der Waals surface area contributed by atoms with Crippen LogP contribution in [0.15, 0.2) is 30.3 Å². The highest BCUT2D eigenvalue weighted by molar-refractivity contribution is 7.86. The van der Waals surface area contributed by atoms with Crippen LogP contribution in [0.25, 0.3) is 0 Å². The van der Waals surface area contributed by atoms with Crippen molar-refractivity contribution in [3.8, 4) is 0 Å². The van der Waals surface area contributed by atoms with Crippen molar-refractivity contribution >= 4 is 10.1 Å². The molecule has 22 heavy (non-hydrogen) atoms. The van der Waals surface area contributed by atoms with Crippen molar-refractivity contribution in [2.75, 3.05) is 19.5 Å². The van der Waals surface area contributed by atoms with Gasteiger partial charge in [0.05, 0.1) is 19.5 Å². The molecule has 2 saturated heterocycles. The van der Waals surface area contributed by atoms with Crippen LogP contribution in [0.1, 0.15) is 11.9 Å². The van der Waals surface area contributed by atoms with Crippen LogP contribution in [-0.2, 0) is 28.5 Å². The number of aliphatic hydroxyl groups excluding tert-OH is 1. The molecule has 0 radical (unpaired) electrons. The molecule has 5 atom stereocenters. The van der Waals surface area contributed by atoms with Crippen molar-refractivity contribution in [1.82, 2.24) is 0 Å². The van der Waals surface area contributed by atoms with Gasteiger partial charge in [0.1, 0.15) is 24.4 Å².